The highest BCUT2D eigenvalue weighted by molar-refractivity contribution is 6.25. The third kappa shape index (κ3) is 3.86. The summed E-state index contributed by atoms with van der Waals surface area (Å²) < 4.78 is 0. The van der Waals surface area contributed by atoms with E-state index in [0.717, 1.165) is 5.56 Å². The average Bonchev–Trinajstić information content (AvgIpc) is 2.54. The van der Waals surface area contributed by atoms with Crippen molar-refractivity contribution in [2.24, 2.45) is 4.99 Å². The number of Topliss-reactive ketones (excluding diaryl/α,β-unsaturated/α-hetero) is 1. The molecule has 0 amide bonds. The van der Waals surface area contributed by atoms with Crippen LogP contribution in [-0.2, 0) is 9.59 Å². The third-order valence-corrected chi connectivity index (χ3v) is 4.04. The smallest absolute Gasteiger partial charge is 0.328 e. The molecule has 1 aliphatic carbocycles. The van der Waals surface area contributed by atoms with Gasteiger partial charge in [0.25, 0.3) is 0 Å². The summed E-state index contributed by atoms with van der Waals surface area (Å²) >= 11 is 0. The van der Waals surface area contributed by atoms with Crippen molar-refractivity contribution in [1.82, 2.24) is 0 Å². The lowest BCUT2D eigenvalue weighted by Crippen LogP contribution is -2.28. The number of rotatable bonds is 4. The number of carboxylic acid groups (broad SMARTS) is 1. The van der Waals surface area contributed by atoms with Gasteiger partial charge in [-0.1, -0.05) is 37.3 Å². The van der Waals surface area contributed by atoms with Crippen molar-refractivity contribution >= 4 is 17.5 Å². The van der Waals surface area contributed by atoms with Gasteiger partial charge in [-0.05, 0) is 24.8 Å². The summed E-state index contributed by atoms with van der Waals surface area (Å²) in [6.45, 7) is 3.21. The van der Waals surface area contributed by atoms with Gasteiger partial charge in [0.05, 0.1) is 11.3 Å². The number of allylic oxidation sites excluding steroid dienone is 2. The number of carboxylic acids is 1. The molecule has 0 bridgehead atoms. The number of aliphatic hydroxyl groups is 1. The summed E-state index contributed by atoms with van der Waals surface area (Å²) in [5, 5.41) is 19.1. The number of ketones is 1. The second kappa shape index (κ2) is 7.22. The van der Waals surface area contributed by atoms with Crippen molar-refractivity contribution in [3.05, 3.63) is 47.2 Å². The van der Waals surface area contributed by atoms with Crippen LogP contribution in [0, 0.1) is 0 Å². The van der Waals surface area contributed by atoms with Gasteiger partial charge >= 0.3 is 5.97 Å². The number of carbonyl (C=O) groups excluding carboxylic acids is 1. The molecule has 1 aromatic carbocycles. The molecular formula is C18H21NO4. The van der Waals surface area contributed by atoms with Gasteiger partial charge in [-0.3, -0.25) is 9.79 Å². The summed E-state index contributed by atoms with van der Waals surface area (Å²) in [6.07, 6.45) is 1.06. The van der Waals surface area contributed by atoms with Crippen LogP contribution in [0.1, 0.15) is 44.6 Å². The van der Waals surface area contributed by atoms with E-state index in [1.165, 1.54) is 6.92 Å². The van der Waals surface area contributed by atoms with Crippen molar-refractivity contribution in [3.8, 4) is 0 Å². The fourth-order valence-electron chi connectivity index (χ4n) is 2.77. The van der Waals surface area contributed by atoms with Gasteiger partial charge in [0.1, 0.15) is 11.8 Å². The van der Waals surface area contributed by atoms with Gasteiger partial charge in [0.15, 0.2) is 5.78 Å². The quantitative estimate of drug-likeness (QED) is 0.659. The molecule has 1 saturated carbocycles. The Hall–Kier alpha value is -2.43. The van der Waals surface area contributed by atoms with E-state index < -0.39 is 12.0 Å². The maximum Gasteiger partial charge on any atom is 0.328 e. The van der Waals surface area contributed by atoms with Gasteiger partial charge in [-0.15, -0.1) is 0 Å². The molecule has 2 rings (SSSR count). The highest BCUT2D eigenvalue weighted by Gasteiger charge is 2.32. The SMILES string of the molecule is CC/C(O)=C1\C(=O)CC(c2ccccc2)CC1=NC(C)C(=O)O. The predicted octanol–water partition coefficient (Wildman–Crippen LogP) is 3.27. The molecule has 5 nitrogen and oxygen atoms in total. The first-order chi connectivity index (χ1) is 10.9. The maximum absolute atomic E-state index is 12.5. The van der Waals surface area contributed by atoms with E-state index in [0.29, 0.717) is 25.0 Å². The lowest BCUT2D eigenvalue weighted by Gasteiger charge is -2.26. The predicted molar refractivity (Wildman–Crippen MR) is 87.9 cm³/mol. The Kier molecular flexibility index (Phi) is 5.32. The first-order valence-electron chi connectivity index (χ1n) is 7.74. The first-order valence-corrected chi connectivity index (χ1v) is 7.74. The first kappa shape index (κ1) is 16.9. The number of hydrogen-bond acceptors (Lipinski definition) is 4. The molecule has 0 heterocycles. The van der Waals surface area contributed by atoms with Crippen molar-refractivity contribution in [2.75, 3.05) is 0 Å². The Balaban J connectivity index is 2.43. The van der Waals surface area contributed by atoms with E-state index in [1.807, 2.05) is 30.3 Å². The van der Waals surface area contributed by atoms with Crippen molar-refractivity contribution < 1.29 is 19.8 Å². The van der Waals surface area contributed by atoms with Crippen LogP contribution in [0.15, 0.2) is 46.7 Å². The monoisotopic (exact) mass is 315 g/mol. The van der Waals surface area contributed by atoms with Crippen LogP contribution in [0.25, 0.3) is 0 Å². The Bertz CT molecular complexity index is 661. The molecule has 1 fully saturated rings. The molecule has 2 unspecified atom stereocenters. The van der Waals surface area contributed by atoms with Gasteiger partial charge in [0.2, 0.25) is 0 Å². The standard InChI is InChI=1S/C18H21NO4/c1-3-15(20)17-14(19-11(2)18(22)23)9-13(10-16(17)21)12-7-5-4-6-8-12/h4-8,11,13,20H,3,9-10H2,1-2H3,(H,22,23)/b17-15+,19-14?. The third-order valence-electron chi connectivity index (χ3n) is 4.04. The van der Waals surface area contributed by atoms with Crippen LogP contribution in [-0.4, -0.2) is 33.7 Å². The molecule has 0 aromatic heterocycles. The van der Waals surface area contributed by atoms with E-state index in [4.69, 9.17) is 5.11 Å². The van der Waals surface area contributed by atoms with Crippen molar-refractivity contribution in [3.63, 3.8) is 0 Å². The lowest BCUT2D eigenvalue weighted by atomic mass is 9.78. The Labute approximate surface area is 135 Å². The summed E-state index contributed by atoms with van der Waals surface area (Å²) in [7, 11) is 0. The van der Waals surface area contributed by atoms with Crippen molar-refractivity contribution in [1.29, 1.82) is 0 Å². The summed E-state index contributed by atoms with van der Waals surface area (Å²) in [4.78, 5) is 27.8. The zero-order valence-corrected chi connectivity index (χ0v) is 13.3. The minimum atomic E-state index is -1.05. The molecule has 0 spiro atoms. The van der Waals surface area contributed by atoms with Crippen LogP contribution >= 0.6 is 0 Å². The van der Waals surface area contributed by atoms with Crippen LogP contribution < -0.4 is 0 Å². The molecule has 0 saturated heterocycles. The van der Waals surface area contributed by atoms with Gasteiger partial charge in [0, 0.05) is 12.8 Å². The van der Waals surface area contributed by atoms with Gasteiger partial charge in [-0.2, -0.15) is 0 Å². The van der Waals surface area contributed by atoms with E-state index in [2.05, 4.69) is 4.99 Å². The van der Waals surface area contributed by atoms with Crippen LogP contribution in [0.5, 0.6) is 0 Å². The molecule has 1 aliphatic rings. The Morgan fingerprint density at radius 3 is 2.48 bits per heavy atom. The van der Waals surface area contributed by atoms with E-state index in [-0.39, 0.29) is 23.0 Å². The second-order valence-electron chi connectivity index (χ2n) is 5.70. The molecule has 122 valence electrons. The van der Waals surface area contributed by atoms with Crippen LogP contribution in [0.3, 0.4) is 0 Å². The summed E-state index contributed by atoms with van der Waals surface area (Å²) in [6, 6.07) is 8.67. The average molecular weight is 315 g/mol. The minimum absolute atomic E-state index is 0.0159. The molecular weight excluding hydrogens is 294 g/mol. The topological polar surface area (TPSA) is 87.0 Å². The summed E-state index contributed by atoms with van der Waals surface area (Å²) in [5.74, 6) is -1.29. The normalized spacial score (nSPS) is 23.7. The number of aliphatic imine (C=N–C) groups is 1. The largest absolute Gasteiger partial charge is 0.512 e. The highest BCUT2D eigenvalue weighted by Crippen LogP contribution is 2.33. The highest BCUT2D eigenvalue weighted by atomic mass is 16.4. The maximum atomic E-state index is 12.5. The van der Waals surface area contributed by atoms with E-state index in [9.17, 15) is 14.7 Å². The number of aliphatic hydroxyl groups excluding tert-OH is 1. The number of benzene rings is 1. The lowest BCUT2D eigenvalue weighted by molar-refractivity contribution is -0.138. The molecule has 23 heavy (non-hydrogen) atoms. The van der Waals surface area contributed by atoms with Gasteiger partial charge < -0.3 is 10.2 Å². The molecule has 0 aliphatic heterocycles. The van der Waals surface area contributed by atoms with Crippen LogP contribution in [0.4, 0.5) is 0 Å². The second-order valence-corrected chi connectivity index (χ2v) is 5.70. The zero-order chi connectivity index (χ0) is 17.0. The number of hydrogen-bond donors (Lipinski definition) is 2. The van der Waals surface area contributed by atoms with E-state index >= 15 is 0 Å². The minimum Gasteiger partial charge on any atom is -0.512 e. The fourth-order valence-corrected chi connectivity index (χ4v) is 2.77. The molecule has 2 N–H and O–H groups in total. The van der Waals surface area contributed by atoms with E-state index in [1.54, 1.807) is 6.92 Å². The molecule has 2 atom stereocenters. The molecule has 5 heteroatoms. The number of carbonyl (C=O) groups is 2. The fraction of sp³-hybridized carbons (Fsp3) is 0.389. The number of nitrogens with zero attached hydrogens (tertiary/aromatic N) is 1. The van der Waals surface area contributed by atoms with Crippen molar-refractivity contribution in [2.45, 2.75) is 45.1 Å². The zero-order valence-electron chi connectivity index (χ0n) is 13.3. The Morgan fingerprint density at radius 1 is 1.26 bits per heavy atom. The molecule has 1 aromatic rings. The Morgan fingerprint density at radius 2 is 1.91 bits per heavy atom. The molecule has 0 radical (unpaired) electrons. The number of aliphatic carboxylic acids is 1. The van der Waals surface area contributed by atoms with Crippen LogP contribution in [0.2, 0.25) is 0 Å². The van der Waals surface area contributed by atoms with Gasteiger partial charge in [-0.25, -0.2) is 4.79 Å². The summed E-state index contributed by atoms with van der Waals surface area (Å²) in [5.41, 5.74) is 1.61.